The SMILES string of the molecule is CC1CNC(C(C)(C)C)CN1Cc1ccncc1Cl. The van der Waals surface area contributed by atoms with Crippen LogP contribution in [-0.2, 0) is 6.54 Å². The molecule has 1 aromatic rings. The number of nitrogens with zero attached hydrogens (tertiary/aromatic N) is 2. The van der Waals surface area contributed by atoms with E-state index in [2.05, 4.69) is 42.9 Å². The van der Waals surface area contributed by atoms with Gasteiger partial charge in [0.25, 0.3) is 0 Å². The number of piperazine rings is 1. The number of halogens is 1. The van der Waals surface area contributed by atoms with Crippen LogP contribution >= 0.6 is 11.6 Å². The molecule has 1 aromatic heterocycles. The molecule has 1 N–H and O–H groups in total. The van der Waals surface area contributed by atoms with E-state index in [0.717, 1.165) is 30.2 Å². The minimum absolute atomic E-state index is 0.278. The van der Waals surface area contributed by atoms with Gasteiger partial charge < -0.3 is 5.32 Å². The van der Waals surface area contributed by atoms with Crippen LogP contribution in [-0.4, -0.2) is 35.1 Å². The van der Waals surface area contributed by atoms with Crippen LogP contribution in [0.25, 0.3) is 0 Å². The number of hydrogen-bond acceptors (Lipinski definition) is 3. The number of nitrogens with one attached hydrogen (secondary N) is 1. The second-order valence-corrected chi connectivity index (χ2v) is 6.98. The van der Waals surface area contributed by atoms with Crippen LogP contribution in [0.5, 0.6) is 0 Å². The van der Waals surface area contributed by atoms with Gasteiger partial charge in [-0.1, -0.05) is 32.4 Å². The lowest BCUT2D eigenvalue weighted by Crippen LogP contribution is -2.59. The van der Waals surface area contributed by atoms with Gasteiger partial charge in [-0.2, -0.15) is 0 Å². The fraction of sp³-hybridized carbons (Fsp3) is 0.667. The summed E-state index contributed by atoms with van der Waals surface area (Å²) in [6.45, 7) is 12.1. The van der Waals surface area contributed by atoms with Crippen LogP contribution in [0.4, 0.5) is 0 Å². The highest BCUT2D eigenvalue weighted by atomic mass is 35.5. The third kappa shape index (κ3) is 3.68. The first-order chi connectivity index (χ1) is 8.88. The Morgan fingerprint density at radius 3 is 2.84 bits per heavy atom. The van der Waals surface area contributed by atoms with Crippen LogP contribution in [0.1, 0.15) is 33.3 Å². The molecule has 2 unspecified atom stereocenters. The number of aromatic nitrogens is 1. The summed E-state index contributed by atoms with van der Waals surface area (Å²) >= 11 is 6.21. The fourth-order valence-corrected chi connectivity index (χ4v) is 2.65. The molecule has 1 aliphatic rings. The van der Waals surface area contributed by atoms with Crippen LogP contribution < -0.4 is 5.32 Å². The summed E-state index contributed by atoms with van der Waals surface area (Å²) in [6, 6.07) is 3.07. The van der Waals surface area contributed by atoms with E-state index in [4.69, 9.17) is 11.6 Å². The summed E-state index contributed by atoms with van der Waals surface area (Å²) in [6.07, 6.45) is 3.54. The largest absolute Gasteiger partial charge is 0.311 e. The highest BCUT2D eigenvalue weighted by Crippen LogP contribution is 2.25. The zero-order valence-corrected chi connectivity index (χ0v) is 13.0. The summed E-state index contributed by atoms with van der Waals surface area (Å²) in [5.41, 5.74) is 1.44. The van der Waals surface area contributed by atoms with E-state index in [0.29, 0.717) is 12.1 Å². The zero-order chi connectivity index (χ0) is 14.0. The molecular weight excluding hydrogens is 258 g/mol. The van der Waals surface area contributed by atoms with Crippen molar-refractivity contribution in [1.82, 2.24) is 15.2 Å². The maximum absolute atomic E-state index is 6.21. The Bertz CT molecular complexity index is 428. The third-order valence-electron chi connectivity index (χ3n) is 3.98. The van der Waals surface area contributed by atoms with Crippen LogP contribution in [0.2, 0.25) is 5.02 Å². The molecule has 19 heavy (non-hydrogen) atoms. The van der Waals surface area contributed by atoms with Crippen molar-refractivity contribution >= 4 is 11.6 Å². The summed E-state index contributed by atoms with van der Waals surface area (Å²) in [4.78, 5) is 6.56. The molecule has 106 valence electrons. The molecule has 1 aliphatic heterocycles. The Morgan fingerprint density at radius 2 is 2.21 bits per heavy atom. The van der Waals surface area contributed by atoms with E-state index in [1.54, 1.807) is 6.20 Å². The summed E-state index contributed by atoms with van der Waals surface area (Å²) in [5, 5.41) is 4.42. The predicted molar refractivity (Wildman–Crippen MR) is 80.4 cm³/mol. The summed E-state index contributed by atoms with van der Waals surface area (Å²) < 4.78 is 0. The van der Waals surface area contributed by atoms with Gasteiger partial charge in [-0.3, -0.25) is 9.88 Å². The average Bonchev–Trinajstić information content (AvgIpc) is 2.33. The Balaban J connectivity index is 2.08. The first kappa shape index (κ1) is 14.8. The summed E-state index contributed by atoms with van der Waals surface area (Å²) in [5.74, 6) is 0. The van der Waals surface area contributed by atoms with E-state index in [1.165, 1.54) is 0 Å². The molecule has 0 spiro atoms. The smallest absolute Gasteiger partial charge is 0.0634 e. The summed E-state index contributed by atoms with van der Waals surface area (Å²) in [7, 11) is 0. The number of hydrogen-bond donors (Lipinski definition) is 1. The first-order valence-electron chi connectivity index (χ1n) is 6.94. The van der Waals surface area contributed by atoms with Crippen LogP contribution in [0.15, 0.2) is 18.5 Å². The van der Waals surface area contributed by atoms with E-state index in [9.17, 15) is 0 Å². The molecule has 2 atom stereocenters. The molecule has 3 nitrogen and oxygen atoms in total. The van der Waals surface area contributed by atoms with E-state index >= 15 is 0 Å². The Morgan fingerprint density at radius 1 is 1.47 bits per heavy atom. The molecule has 0 radical (unpaired) electrons. The van der Waals surface area contributed by atoms with Crippen molar-refractivity contribution in [3.8, 4) is 0 Å². The monoisotopic (exact) mass is 281 g/mol. The molecule has 1 saturated heterocycles. The Labute approximate surface area is 121 Å². The van der Waals surface area contributed by atoms with Crippen molar-refractivity contribution in [2.24, 2.45) is 5.41 Å². The lowest BCUT2D eigenvalue weighted by molar-refractivity contribution is 0.0877. The van der Waals surface area contributed by atoms with Crippen molar-refractivity contribution in [2.75, 3.05) is 13.1 Å². The van der Waals surface area contributed by atoms with Gasteiger partial charge >= 0.3 is 0 Å². The third-order valence-corrected chi connectivity index (χ3v) is 4.32. The van der Waals surface area contributed by atoms with E-state index in [-0.39, 0.29) is 5.41 Å². The van der Waals surface area contributed by atoms with Crippen molar-refractivity contribution in [1.29, 1.82) is 0 Å². The first-order valence-corrected chi connectivity index (χ1v) is 7.31. The van der Waals surface area contributed by atoms with Crippen molar-refractivity contribution in [3.05, 3.63) is 29.0 Å². The van der Waals surface area contributed by atoms with Crippen LogP contribution in [0.3, 0.4) is 0 Å². The minimum Gasteiger partial charge on any atom is -0.311 e. The number of pyridine rings is 1. The molecular formula is C15H24ClN3. The van der Waals surface area contributed by atoms with Gasteiger partial charge in [0.05, 0.1) is 5.02 Å². The van der Waals surface area contributed by atoms with Gasteiger partial charge in [-0.05, 0) is 24.0 Å². The molecule has 4 heteroatoms. The minimum atomic E-state index is 0.278. The van der Waals surface area contributed by atoms with Crippen molar-refractivity contribution in [2.45, 2.75) is 46.3 Å². The molecule has 0 bridgehead atoms. The van der Waals surface area contributed by atoms with Crippen LogP contribution in [0, 0.1) is 5.41 Å². The Kier molecular flexibility index (Phi) is 4.49. The lowest BCUT2D eigenvalue weighted by atomic mass is 9.84. The standard InChI is InChI=1S/C15H24ClN3/c1-11-7-18-14(15(2,3)4)10-19(11)9-12-5-6-17-8-13(12)16/h5-6,8,11,14,18H,7,9-10H2,1-4H3. The second kappa shape index (κ2) is 5.78. The number of rotatable bonds is 2. The van der Waals surface area contributed by atoms with Gasteiger partial charge in [0, 0.05) is 44.1 Å². The maximum Gasteiger partial charge on any atom is 0.0634 e. The molecule has 1 fully saturated rings. The fourth-order valence-electron chi connectivity index (χ4n) is 2.47. The van der Waals surface area contributed by atoms with Gasteiger partial charge in [0.1, 0.15) is 0 Å². The van der Waals surface area contributed by atoms with E-state index < -0.39 is 0 Å². The molecule has 2 rings (SSSR count). The zero-order valence-electron chi connectivity index (χ0n) is 12.3. The van der Waals surface area contributed by atoms with E-state index in [1.807, 2.05) is 12.3 Å². The Hall–Kier alpha value is -0.640. The molecule has 2 heterocycles. The topological polar surface area (TPSA) is 28.2 Å². The second-order valence-electron chi connectivity index (χ2n) is 6.57. The van der Waals surface area contributed by atoms with Gasteiger partial charge in [-0.25, -0.2) is 0 Å². The van der Waals surface area contributed by atoms with Crippen molar-refractivity contribution in [3.63, 3.8) is 0 Å². The maximum atomic E-state index is 6.21. The normalized spacial score (nSPS) is 25.5. The van der Waals surface area contributed by atoms with Gasteiger partial charge in [-0.15, -0.1) is 0 Å². The molecule has 0 aliphatic carbocycles. The predicted octanol–water partition coefficient (Wildman–Crippen LogP) is 2.94. The van der Waals surface area contributed by atoms with Gasteiger partial charge in [0.2, 0.25) is 0 Å². The quantitative estimate of drug-likeness (QED) is 0.903. The lowest BCUT2D eigenvalue weighted by Gasteiger charge is -2.44. The molecule has 0 aromatic carbocycles. The molecule has 0 amide bonds. The van der Waals surface area contributed by atoms with Crippen molar-refractivity contribution < 1.29 is 0 Å². The highest BCUT2D eigenvalue weighted by Gasteiger charge is 2.32. The average molecular weight is 282 g/mol. The van der Waals surface area contributed by atoms with Gasteiger partial charge in [0.15, 0.2) is 0 Å². The molecule has 0 saturated carbocycles. The highest BCUT2D eigenvalue weighted by molar-refractivity contribution is 6.31.